The summed E-state index contributed by atoms with van der Waals surface area (Å²) in [5.74, 6) is 2.08. The fourth-order valence-electron chi connectivity index (χ4n) is 3.35. The maximum Gasteiger partial charge on any atom is 0.180 e. The third kappa shape index (κ3) is 3.08. The summed E-state index contributed by atoms with van der Waals surface area (Å²) in [6.07, 6.45) is 5.87. The fraction of sp³-hybridized carbons (Fsp3) is 0.800. The molecule has 1 saturated heterocycles. The van der Waals surface area contributed by atoms with Crippen LogP contribution in [0.4, 0.5) is 0 Å². The van der Waals surface area contributed by atoms with Crippen molar-refractivity contribution in [3.8, 4) is 0 Å². The summed E-state index contributed by atoms with van der Waals surface area (Å²) in [5.41, 5.74) is 0.669. The van der Waals surface area contributed by atoms with E-state index in [9.17, 15) is 0 Å². The van der Waals surface area contributed by atoms with Gasteiger partial charge in [-0.25, -0.2) is 0 Å². The monoisotopic (exact) mass is 280 g/mol. The van der Waals surface area contributed by atoms with Crippen molar-refractivity contribution in [2.45, 2.75) is 38.1 Å². The number of hydrogen-bond acceptors (Lipinski definition) is 5. The van der Waals surface area contributed by atoms with Gasteiger partial charge in [0.05, 0.1) is 12.8 Å². The van der Waals surface area contributed by atoms with E-state index in [-0.39, 0.29) is 0 Å². The topological polar surface area (TPSA) is 60.4 Å². The van der Waals surface area contributed by atoms with Crippen molar-refractivity contribution in [1.29, 1.82) is 5.41 Å². The van der Waals surface area contributed by atoms with Gasteiger partial charge in [-0.05, 0) is 26.3 Å². The number of hydrogen-bond donors (Lipinski definition) is 3. The summed E-state index contributed by atoms with van der Waals surface area (Å²) in [6, 6.07) is 0.525. The summed E-state index contributed by atoms with van der Waals surface area (Å²) in [6.45, 7) is 1.98. The highest BCUT2D eigenvalue weighted by atomic mass is 16.5. The van der Waals surface area contributed by atoms with Crippen LogP contribution in [0.5, 0.6) is 0 Å². The number of likely N-dealkylation sites (N-methyl/N-ethyl adjacent to an activating group) is 1. The van der Waals surface area contributed by atoms with Crippen molar-refractivity contribution in [2.24, 2.45) is 5.92 Å². The normalized spacial score (nSPS) is 24.8. The van der Waals surface area contributed by atoms with Gasteiger partial charge in [-0.2, -0.15) is 0 Å². The van der Waals surface area contributed by atoms with E-state index in [0.717, 1.165) is 43.9 Å². The molecule has 2 fully saturated rings. The summed E-state index contributed by atoms with van der Waals surface area (Å²) in [7, 11) is 5.61. The molecule has 1 aliphatic carbocycles. The van der Waals surface area contributed by atoms with Gasteiger partial charge < -0.3 is 25.7 Å². The molecule has 2 rings (SSSR count). The zero-order valence-corrected chi connectivity index (χ0v) is 13.0. The van der Waals surface area contributed by atoms with Gasteiger partial charge in [-0.3, -0.25) is 0 Å². The molecule has 1 atom stereocenters. The van der Waals surface area contributed by atoms with Gasteiger partial charge in [0.1, 0.15) is 5.82 Å². The van der Waals surface area contributed by atoms with E-state index in [1.807, 2.05) is 14.1 Å². The molecule has 0 spiro atoms. The van der Waals surface area contributed by atoms with Crippen molar-refractivity contribution in [3.63, 3.8) is 0 Å². The molecule has 114 valence electrons. The maximum atomic E-state index is 8.47. The molecule has 20 heavy (non-hydrogen) atoms. The van der Waals surface area contributed by atoms with Crippen molar-refractivity contribution < 1.29 is 4.74 Å². The minimum atomic E-state index is 0.371. The molecule has 0 aromatic heterocycles. The van der Waals surface area contributed by atoms with Crippen LogP contribution in [0.25, 0.3) is 0 Å². The lowest BCUT2D eigenvalue weighted by Gasteiger charge is -2.26. The van der Waals surface area contributed by atoms with Gasteiger partial charge >= 0.3 is 0 Å². The summed E-state index contributed by atoms with van der Waals surface area (Å²) in [4.78, 5) is 2.30. The molecule has 0 amide bonds. The van der Waals surface area contributed by atoms with Gasteiger partial charge in [-0.15, -0.1) is 0 Å². The van der Waals surface area contributed by atoms with Gasteiger partial charge in [-0.1, -0.05) is 12.8 Å². The third-order valence-corrected chi connectivity index (χ3v) is 4.58. The first kappa shape index (κ1) is 15.2. The number of nitrogens with one attached hydrogen (secondary N) is 3. The van der Waals surface area contributed by atoms with E-state index < -0.39 is 0 Å². The number of rotatable bonds is 6. The second-order valence-corrected chi connectivity index (χ2v) is 5.75. The summed E-state index contributed by atoms with van der Waals surface area (Å²) >= 11 is 0. The van der Waals surface area contributed by atoms with Crippen LogP contribution in [-0.2, 0) is 4.74 Å². The molecule has 0 aromatic carbocycles. The fourth-order valence-corrected chi connectivity index (χ4v) is 3.35. The van der Waals surface area contributed by atoms with Crippen LogP contribution in [0.2, 0.25) is 0 Å². The van der Waals surface area contributed by atoms with Gasteiger partial charge in [0.15, 0.2) is 5.76 Å². The van der Waals surface area contributed by atoms with Crippen LogP contribution >= 0.6 is 0 Å². The number of likely N-dealkylation sites (tertiary alicyclic amines) is 1. The van der Waals surface area contributed by atoms with Crippen molar-refractivity contribution >= 4 is 5.71 Å². The Kier molecular flexibility index (Phi) is 5.29. The lowest BCUT2D eigenvalue weighted by Crippen LogP contribution is -2.35. The highest BCUT2D eigenvalue weighted by molar-refractivity contribution is 5.98. The largest absolute Gasteiger partial charge is 0.491 e. The Labute approximate surface area is 122 Å². The highest BCUT2D eigenvalue weighted by Crippen LogP contribution is 2.29. The van der Waals surface area contributed by atoms with Crippen LogP contribution in [0.1, 0.15) is 32.1 Å². The standard InChI is InChI=1S/C15H28N4O/c1-17-12-8-9-19(10-12)15(18-2)14(20-3)13(16)11-6-4-5-7-11/h11-12,16-18H,4-10H2,1-3H3/b15-14-,16-13?/t12-/m0/s1. The van der Waals surface area contributed by atoms with Gasteiger partial charge in [0.25, 0.3) is 0 Å². The van der Waals surface area contributed by atoms with Crippen LogP contribution in [-0.4, -0.2) is 50.9 Å². The van der Waals surface area contributed by atoms with E-state index in [1.165, 1.54) is 12.8 Å². The number of allylic oxidation sites excluding steroid dienone is 1. The Balaban J connectivity index is 2.16. The highest BCUT2D eigenvalue weighted by Gasteiger charge is 2.29. The minimum absolute atomic E-state index is 0.371. The van der Waals surface area contributed by atoms with E-state index in [4.69, 9.17) is 10.1 Å². The number of methoxy groups -OCH3 is 1. The first-order chi connectivity index (χ1) is 9.71. The Morgan fingerprint density at radius 2 is 1.90 bits per heavy atom. The zero-order valence-electron chi connectivity index (χ0n) is 13.0. The van der Waals surface area contributed by atoms with E-state index in [0.29, 0.717) is 17.7 Å². The number of ether oxygens (including phenoxy) is 1. The average Bonchev–Trinajstić information content (AvgIpc) is 3.14. The van der Waals surface area contributed by atoms with Crippen molar-refractivity contribution in [2.75, 3.05) is 34.3 Å². The molecule has 1 heterocycles. The first-order valence-electron chi connectivity index (χ1n) is 7.68. The molecule has 5 heteroatoms. The van der Waals surface area contributed by atoms with E-state index in [2.05, 4.69) is 15.5 Å². The van der Waals surface area contributed by atoms with Crippen LogP contribution in [0.3, 0.4) is 0 Å². The second-order valence-electron chi connectivity index (χ2n) is 5.75. The van der Waals surface area contributed by atoms with Gasteiger partial charge in [0, 0.05) is 32.1 Å². The average molecular weight is 280 g/mol. The molecule has 0 radical (unpaired) electrons. The smallest absolute Gasteiger partial charge is 0.180 e. The molecule has 1 aliphatic heterocycles. The Bertz CT molecular complexity index is 374. The Morgan fingerprint density at radius 1 is 1.20 bits per heavy atom. The third-order valence-electron chi connectivity index (χ3n) is 4.58. The molecule has 5 nitrogen and oxygen atoms in total. The minimum Gasteiger partial charge on any atom is -0.491 e. The summed E-state index contributed by atoms with van der Waals surface area (Å²) < 4.78 is 5.59. The second kappa shape index (κ2) is 6.97. The lowest BCUT2D eigenvalue weighted by atomic mass is 10.00. The Morgan fingerprint density at radius 3 is 2.40 bits per heavy atom. The molecule has 0 bridgehead atoms. The first-order valence-corrected chi connectivity index (χ1v) is 7.68. The summed E-state index contributed by atoms with van der Waals surface area (Å²) in [5, 5.41) is 15.1. The molecule has 0 aromatic rings. The van der Waals surface area contributed by atoms with Crippen LogP contribution in [0, 0.1) is 11.3 Å². The SMILES string of the molecule is CN/C(=C(/OC)C(=N)C1CCCC1)N1CC[C@H](NC)C1. The van der Waals surface area contributed by atoms with Crippen LogP contribution < -0.4 is 10.6 Å². The quantitative estimate of drug-likeness (QED) is 0.510. The molecule has 0 unspecified atom stereocenters. The van der Waals surface area contributed by atoms with Crippen molar-refractivity contribution in [3.05, 3.63) is 11.6 Å². The molecule has 3 N–H and O–H groups in total. The zero-order chi connectivity index (χ0) is 14.5. The molecule has 2 aliphatic rings. The van der Waals surface area contributed by atoms with Gasteiger partial charge in [0.2, 0.25) is 0 Å². The predicted octanol–water partition coefficient (Wildman–Crippen LogP) is 1.52. The molecular weight excluding hydrogens is 252 g/mol. The van der Waals surface area contributed by atoms with Crippen LogP contribution in [0.15, 0.2) is 11.6 Å². The lowest BCUT2D eigenvalue weighted by molar-refractivity contribution is 0.274. The predicted molar refractivity (Wildman–Crippen MR) is 81.8 cm³/mol. The van der Waals surface area contributed by atoms with E-state index >= 15 is 0 Å². The Hall–Kier alpha value is -1.23. The van der Waals surface area contributed by atoms with E-state index in [1.54, 1.807) is 7.11 Å². The molecular formula is C15H28N4O. The maximum absolute atomic E-state index is 8.47. The number of nitrogens with zero attached hydrogens (tertiary/aromatic N) is 1. The van der Waals surface area contributed by atoms with Crippen molar-refractivity contribution in [1.82, 2.24) is 15.5 Å². The molecule has 1 saturated carbocycles.